The summed E-state index contributed by atoms with van der Waals surface area (Å²) in [6.07, 6.45) is 0. The van der Waals surface area contributed by atoms with Gasteiger partial charge in [-0.15, -0.1) is 0 Å². The average molecular weight is 225 g/mol. The molecule has 1 aromatic carbocycles. The molecule has 0 saturated carbocycles. The van der Waals surface area contributed by atoms with Crippen molar-refractivity contribution in [3.05, 3.63) is 32.9 Å². The van der Waals surface area contributed by atoms with Gasteiger partial charge in [-0.1, -0.05) is 29.0 Å². The van der Waals surface area contributed by atoms with E-state index in [1.807, 2.05) is 12.1 Å². The van der Waals surface area contributed by atoms with Crippen LogP contribution in [0.15, 0.2) is 23.0 Å². The highest BCUT2D eigenvalue weighted by Crippen LogP contribution is 2.24. The molecule has 1 heterocycles. The third kappa shape index (κ3) is 1.31. The van der Waals surface area contributed by atoms with E-state index in [2.05, 4.69) is 0 Å². The second-order valence-corrected chi connectivity index (χ2v) is 4.10. The summed E-state index contributed by atoms with van der Waals surface area (Å²) in [5, 5.41) is 9.07. The van der Waals surface area contributed by atoms with Crippen LogP contribution in [-0.2, 0) is 6.54 Å². The molecule has 0 spiro atoms. The van der Waals surface area contributed by atoms with Gasteiger partial charge in [0.05, 0.1) is 21.3 Å². The lowest BCUT2D eigenvalue weighted by atomic mass is 10.3. The van der Waals surface area contributed by atoms with Gasteiger partial charge in [0.25, 0.3) is 0 Å². The molecule has 0 aliphatic heterocycles. The predicted octanol–water partition coefficient (Wildman–Crippen LogP) is 2.24. The van der Waals surface area contributed by atoms with Crippen LogP contribution < -0.4 is 4.87 Å². The van der Waals surface area contributed by atoms with Crippen LogP contribution >= 0.6 is 22.9 Å². The highest BCUT2D eigenvalue weighted by molar-refractivity contribution is 7.16. The lowest BCUT2D eigenvalue weighted by Gasteiger charge is -1.98. The van der Waals surface area contributed by atoms with Crippen LogP contribution in [0.3, 0.4) is 0 Å². The quantitative estimate of drug-likeness (QED) is 0.746. The van der Waals surface area contributed by atoms with E-state index in [9.17, 15) is 4.79 Å². The van der Waals surface area contributed by atoms with Crippen molar-refractivity contribution in [2.24, 2.45) is 0 Å². The van der Waals surface area contributed by atoms with Gasteiger partial charge in [0, 0.05) is 0 Å². The summed E-state index contributed by atoms with van der Waals surface area (Å²) in [7, 11) is 0. The number of nitrogens with zero attached hydrogens (tertiary/aromatic N) is 2. The van der Waals surface area contributed by atoms with Crippen molar-refractivity contribution in [1.82, 2.24) is 4.57 Å². The number of benzene rings is 1. The summed E-state index contributed by atoms with van der Waals surface area (Å²) in [6, 6.07) is 7.26. The molecule has 5 heteroatoms. The molecule has 0 amide bonds. The van der Waals surface area contributed by atoms with Crippen LogP contribution in [0.1, 0.15) is 0 Å². The van der Waals surface area contributed by atoms with Gasteiger partial charge in [-0.05, 0) is 12.1 Å². The Kier molecular flexibility index (Phi) is 2.28. The molecule has 0 aliphatic rings. The lowest BCUT2D eigenvalue weighted by molar-refractivity contribution is 0.851. The van der Waals surface area contributed by atoms with Gasteiger partial charge in [-0.2, -0.15) is 5.26 Å². The van der Waals surface area contributed by atoms with Crippen LogP contribution in [0.4, 0.5) is 0 Å². The molecule has 0 N–H and O–H groups in total. The van der Waals surface area contributed by atoms with Crippen LogP contribution in [0.2, 0.25) is 5.02 Å². The first kappa shape index (κ1) is 9.25. The van der Waals surface area contributed by atoms with Crippen molar-refractivity contribution in [2.45, 2.75) is 6.54 Å². The van der Waals surface area contributed by atoms with E-state index in [4.69, 9.17) is 16.9 Å². The van der Waals surface area contributed by atoms with E-state index in [0.717, 1.165) is 16.0 Å². The molecule has 0 bridgehead atoms. The fourth-order valence-corrected chi connectivity index (χ4v) is 2.54. The number of hydrogen-bond donors (Lipinski definition) is 0. The van der Waals surface area contributed by atoms with Crippen molar-refractivity contribution in [1.29, 1.82) is 5.26 Å². The summed E-state index contributed by atoms with van der Waals surface area (Å²) in [5.41, 5.74) is 0.658. The van der Waals surface area contributed by atoms with Crippen molar-refractivity contribution in [3.63, 3.8) is 0 Å². The normalized spacial score (nSPS) is 10.3. The summed E-state index contributed by atoms with van der Waals surface area (Å²) in [5.74, 6) is 0. The summed E-state index contributed by atoms with van der Waals surface area (Å²) < 4.78 is 2.21. The Morgan fingerprint density at radius 2 is 2.36 bits per heavy atom. The topological polar surface area (TPSA) is 45.8 Å². The number of hydrogen-bond acceptors (Lipinski definition) is 3. The number of nitriles is 1. The first-order chi connectivity index (χ1) is 6.74. The summed E-state index contributed by atoms with van der Waals surface area (Å²) >= 11 is 7.05. The standard InChI is InChI=1S/C9H5ClN2OS/c10-6-2-1-3-7-8(6)12(5-4-11)9(13)14-7/h1-3H,5H2. The maximum absolute atomic E-state index is 11.5. The Balaban J connectivity index is 2.88. The van der Waals surface area contributed by atoms with Gasteiger partial charge in [-0.25, -0.2) is 0 Å². The molecule has 70 valence electrons. The monoisotopic (exact) mass is 224 g/mol. The van der Waals surface area contributed by atoms with Gasteiger partial charge >= 0.3 is 4.87 Å². The molecule has 3 nitrogen and oxygen atoms in total. The molecule has 0 aliphatic carbocycles. The maximum Gasteiger partial charge on any atom is 0.309 e. The Morgan fingerprint density at radius 3 is 3.07 bits per heavy atom. The number of fused-ring (bicyclic) bond motifs is 1. The smallest absolute Gasteiger partial charge is 0.283 e. The number of halogens is 1. The number of aromatic nitrogens is 1. The van der Waals surface area contributed by atoms with Crippen molar-refractivity contribution >= 4 is 33.2 Å². The second-order valence-electron chi connectivity index (χ2n) is 2.70. The number of thiazole rings is 1. The molecule has 14 heavy (non-hydrogen) atoms. The number of rotatable bonds is 1. The van der Waals surface area contributed by atoms with E-state index >= 15 is 0 Å². The Hall–Kier alpha value is -1.31. The number of para-hydroxylation sites is 1. The van der Waals surface area contributed by atoms with Crippen molar-refractivity contribution in [3.8, 4) is 6.07 Å². The lowest BCUT2D eigenvalue weighted by Crippen LogP contribution is -2.11. The van der Waals surface area contributed by atoms with Gasteiger partial charge in [-0.3, -0.25) is 9.36 Å². The van der Waals surface area contributed by atoms with E-state index < -0.39 is 0 Å². The zero-order chi connectivity index (χ0) is 10.1. The molecular formula is C9H5ClN2OS. The van der Waals surface area contributed by atoms with E-state index in [1.165, 1.54) is 4.57 Å². The van der Waals surface area contributed by atoms with Gasteiger partial charge < -0.3 is 0 Å². The molecule has 0 atom stereocenters. The minimum Gasteiger partial charge on any atom is -0.283 e. The Labute approximate surface area is 88.8 Å². The van der Waals surface area contributed by atoms with E-state index in [0.29, 0.717) is 10.5 Å². The highest BCUT2D eigenvalue weighted by Gasteiger charge is 2.09. The van der Waals surface area contributed by atoms with Gasteiger partial charge in [0.2, 0.25) is 0 Å². The first-order valence-corrected chi connectivity index (χ1v) is 5.08. The largest absolute Gasteiger partial charge is 0.309 e. The van der Waals surface area contributed by atoms with Crippen molar-refractivity contribution < 1.29 is 0 Å². The van der Waals surface area contributed by atoms with Crippen LogP contribution in [0.25, 0.3) is 10.2 Å². The van der Waals surface area contributed by atoms with E-state index in [-0.39, 0.29) is 11.4 Å². The van der Waals surface area contributed by atoms with Gasteiger partial charge in [0.15, 0.2) is 0 Å². The first-order valence-electron chi connectivity index (χ1n) is 3.89. The third-order valence-electron chi connectivity index (χ3n) is 1.87. The molecule has 0 fully saturated rings. The Bertz CT molecular complexity index is 578. The zero-order valence-corrected chi connectivity index (χ0v) is 8.60. The van der Waals surface area contributed by atoms with E-state index in [1.54, 1.807) is 12.1 Å². The average Bonchev–Trinajstić information content (AvgIpc) is 2.45. The van der Waals surface area contributed by atoms with Crippen LogP contribution in [-0.4, -0.2) is 4.57 Å². The van der Waals surface area contributed by atoms with Crippen molar-refractivity contribution in [2.75, 3.05) is 0 Å². The molecule has 0 unspecified atom stereocenters. The SMILES string of the molecule is N#CCn1c(=O)sc2cccc(Cl)c21. The summed E-state index contributed by atoms with van der Waals surface area (Å²) in [6.45, 7) is 0.0442. The summed E-state index contributed by atoms with van der Waals surface area (Å²) in [4.78, 5) is 11.3. The zero-order valence-electron chi connectivity index (χ0n) is 7.03. The molecular weight excluding hydrogens is 220 g/mol. The van der Waals surface area contributed by atoms with Crippen LogP contribution in [0.5, 0.6) is 0 Å². The fraction of sp³-hybridized carbons (Fsp3) is 0.111. The highest BCUT2D eigenvalue weighted by atomic mass is 35.5. The molecule has 2 aromatic rings. The fourth-order valence-electron chi connectivity index (χ4n) is 1.29. The Morgan fingerprint density at radius 1 is 1.57 bits per heavy atom. The third-order valence-corrected chi connectivity index (χ3v) is 3.12. The van der Waals surface area contributed by atoms with Crippen LogP contribution in [0, 0.1) is 11.3 Å². The molecule has 1 aromatic heterocycles. The molecule has 0 radical (unpaired) electrons. The minimum absolute atomic E-state index is 0.0442. The van der Waals surface area contributed by atoms with Gasteiger partial charge in [0.1, 0.15) is 6.54 Å². The maximum atomic E-state index is 11.5. The second kappa shape index (κ2) is 3.45. The molecule has 2 rings (SSSR count). The minimum atomic E-state index is -0.144. The predicted molar refractivity (Wildman–Crippen MR) is 56.7 cm³/mol. The molecule has 0 saturated heterocycles.